The Hall–Kier alpha value is -0.600. The first-order chi connectivity index (χ1) is 13.8. The van der Waals surface area contributed by atoms with E-state index in [-0.39, 0.29) is 6.29 Å². The lowest BCUT2D eigenvalue weighted by molar-refractivity contribution is -0.141. The fourth-order valence-electron chi connectivity index (χ4n) is 3.37. The maximum absolute atomic E-state index is 6.00. The quantitative estimate of drug-likeness (QED) is 0.0979. The molecule has 0 aliphatic rings. The lowest BCUT2D eigenvalue weighted by Crippen LogP contribution is -2.18. The minimum atomic E-state index is -0.0923. The average Bonchev–Trinajstić information content (AvgIpc) is 2.71. The molecule has 0 atom stereocenters. The molecule has 0 fully saturated rings. The smallest absolute Gasteiger partial charge is 0.160 e. The Morgan fingerprint density at radius 1 is 0.607 bits per heavy atom. The van der Waals surface area contributed by atoms with Gasteiger partial charge in [0.2, 0.25) is 0 Å². The van der Waals surface area contributed by atoms with E-state index in [0.29, 0.717) is 0 Å². The second-order valence-corrected chi connectivity index (χ2v) is 8.02. The molecule has 2 nitrogen and oxygen atoms in total. The van der Waals surface area contributed by atoms with Crippen LogP contribution in [0.15, 0.2) is 24.8 Å². The highest BCUT2D eigenvalue weighted by molar-refractivity contribution is 4.97. The van der Waals surface area contributed by atoms with E-state index >= 15 is 0 Å². The highest BCUT2D eigenvalue weighted by Gasteiger charge is 2.07. The third-order valence-electron chi connectivity index (χ3n) is 5.20. The molecule has 166 valence electrons. The first-order valence-corrected chi connectivity index (χ1v) is 12.4. The number of ether oxygens (including phenoxy) is 2. The number of allylic oxidation sites excluding steroid dienone is 2. The summed E-state index contributed by atoms with van der Waals surface area (Å²) in [5.74, 6) is 0. The summed E-state index contributed by atoms with van der Waals surface area (Å²) in [6.45, 7) is 9.92. The SMILES string of the molecule is C=C/C=C\CC(OCCCCCCCCCC)OCCCCCCCCCC. The Balaban J connectivity index is 3.68. The zero-order valence-electron chi connectivity index (χ0n) is 19.3. The second-order valence-electron chi connectivity index (χ2n) is 8.02. The third-order valence-corrected chi connectivity index (χ3v) is 5.20. The van der Waals surface area contributed by atoms with Crippen LogP contribution in [0.2, 0.25) is 0 Å². The number of hydrogen-bond acceptors (Lipinski definition) is 2. The number of rotatable bonds is 23. The molecule has 0 aliphatic carbocycles. The topological polar surface area (TPSA) is 18.5 Å². The van der Waals surface area contributed by atoms with Crippen molar-refractivity contribution in [2.75, 3.05) is 13.2 Å². The van der Waals surface area contributed by atoms with Crippen molar-refractivity contribution in [2.24, 2.45) is 0 Å². The van der Waals surface area contributed by atoms with Crippen molar-refractivity contribution in [3.63, 3.8) is 0 Å². The summed E-state index contributed by atoms with van der Waals surface area (Å²) < 4.78 is 12.0. The van der Waals surface area contributed by atoms with Gasteiger partial charge in [0, 0.05) is 19.6 Å². The number of unbranched alkanes of at least 4 members (excludes halogenated alkanes) is 14. The summed E-state index contributed by atoms with van der Waals surface area (Å²) in [6, 6.07) is 0. The molecule has 0 bridgehead atoms. The molecule has 0 rings (SSSR count). The molecular weight excluding hydrogens is 344 g/mol. The first kappa shape index (κ1) is 27.4. The van der Waals surface area contributed by atoms with Gasteiger partial charge in [-0.15, -0.1) is 0 Å². The van der Waals surface area contributed by atoms with E-state index in [9.17, 15) is 0 Å². The molecule has 0 unspecified atom stereocenters. The van der Waals surface area contributed by atoms with Gasteiger partial charge in [-0.2, -0.15) is 0 Å². The molecular formula is C26H50O2. The fraction of sp³-hybridized carbons (Fsp3) is 0.846. The summed E-state index contributed by atoms with van der Waals surface area (Å²) >= 11 is 0. The summed E-state index contributed by atoms with van der Waals surface area (Å²) in [7, 11) is 0. The minimum absolute atomic E-state index is 0.0923. The maximum atomic E-state index is 6.00. The Morgan fingerprint density at radius 3 is 1.39 bits per heavy atom. The third kappa shape index (κ3) is 21.7. The van der Waals surface area contributed by atoms with Crippen LogP contribution in [0.25, 0.3) is 0 Å². The van der Waals surface area contributed by atoms with Crippen molar-refractivity contribution in [1.29, 1.82) is 0 Å². The van der Waals surface area contributed by atoms with Crippen LogP contribution in [0.3, 0.4) is 0 Å². The van der Waals surface area contributed by atoms with E-state index in [1.807, 2.05) is 12.2 Å². The predicted molar refractivity (Wildman–Crippen MR) is 125 cm³/mol. The van der Waals surface area contributed by atoms with Crippen molar-refractivity contribution in [3.05, 3.63) is 24.8 Å². The molecule has 0 N–H and O–H groups in total. The van der Waals surface area contributed by atoms with Gasteiger partial charge in [-0.3, -0.25) is 0 Å². The summed E-state index contributed by atoms with van der Waals surface area (Å²) in [6.07, 6.45) is 27.9. The molecule has 0 saturated heterocycles. The highest BCUT2D eigenvalue weighted by Crippen LogP contribution is 2.12. The normalized spacial score (nSPS) is 11.7. The first-order valence-electron chi connectivity index (χ1n) is 12.4. The van der Waals surface area contributed by atoms with Gasteiger partial charge in [0.05, 0.1) is 0 Å². The van der Waals surface area contributed by atoms with Crippen molar-refractivity contribution in [1.82, 2.24) is 0 Å². The van der Waals surface area contributed by atoms with E-state index in [0.717, 1.165) is 32.5 Å². The highest BCUT2D eigenvalue weighted by atomic mass is 16.7. The molecule has 0 aromatic carbocycles. The summed E-state index contributed by atoms with van der Waals surface area (Å²) in [4.78, 5) is 0. The van der Waals surface area contributed by atoms with E-state index in [1.165, 1.54) is 89.9 Å². The molecule has 28 heavy (non-hydrogen) atoms. The molecule has 0 aromatic rings. The van der Waals surface area contributed by atoms with Crippen molar-refractivity contribution in [3.8, 4) is 0 Å². The van der Waals surface area contributed by atoms with Crippen LogP contribution in [0, 0.1) is 0 Å². The van der Waals surface area contributed by atoms with E-state index in [1.54, 1.807) is 0 Å². The van der Waals surface area contributed by atoms with Crippen LogP contribution < -0.4 is 0 Å². The van der Waals surface area contributed by atoms with Gasteiger partial charge >= 0.3 is 0 Å². The van der Waals surface area contributed by atoms with Crippen LogP contribution in [0.4, 0.5) is 0 Å². The fourth-order valence-corrected chi connectivity index (χ4v) is 3.37. The van der Waals surface area contributed by atoms with Gasteiger partial charge in [-0.05, 0) is 12.8 Å². The predicted octanol–water partition coefficient (Wildman–Crippen LogP) is 8.76. The van der Waals surface area contributed by atoms with Gasteiger partial charge in [0.15, 0.2) is 6.29 Å². The molecule has 0 amide bonds. The van der Waals surface area contributed by atoms with Crippen LogP contribution in [0.5, 0.6) is 0 Å². The lowest BCUT2D eigenvalue weighted by Gasteiger charge is -2.17. The van der Waals surface area contributed by atoms with Crippen LogP contribution in [-0.4, -0.2) is 19.5 Å². The van der Waals surface area contributed by atoms with Crippen molar-refractivity contribution >= 4 is 0 Å². The molecule has 0 aromatic heterocycles. The van der Waals surface area contributed by atoms with Gasteiger partial charge in [-0.1, -0.05) is 129 Å². The standard InChI is InChI=1S/C26H50O2/c1-4-7-10-12-14-16-18-21-24-27-26(23-20-9-6-3)28-25-22-19-17-15-13-11-8-5-2/h6,9,20,26H,3-5,7-8,10-19,21-25H2,1-2H3/b20-9-. The molecule has 0 aliphatic heterocycles. The second kappa shape index (κ2) is 24.4. The lowest BCUT2D eigenvalue weighted by atomic mass is 10.1. The number of hydrogen-bond donors (Lipinski definition) is 0. The van der Waals surface area contributed by atoms with E-state index in [2.05, 4.69) is 26.5 Å². The Bertz CT molecular complexity index is 302. The molecule has 0 saturated carbocycles. The minimum Gasteiger partial charge on any atom is -0.352 e. The monoisotopic (exact) mass is 394 g/mol. The van der Waals surface area contributed by atoms with Crippen LogP contribution in [-0.2, 0) is 9.47 Å². The summed E-state index contributed by atoms with van der Waals surface area (Å²) in [5.41, 5.74) is 0. The molecule has 2 heteroatoms. The van der Waals surface area contributed by atoms with Crippen LogP contribution >= 0.6 is 0 Å². The molecule has 0 heterocycles. The average molecular weight is 395 g/mol. The van der Waals surface area contributed by atoms with Gasteiger partial charge in [0.25, 0.3) is 0 Å². The maximum Gasteiger partial charge on any atom is 0.160 e. The van der Waals surface area contributed by atoms with Crippen molar-refractivity contribution in [2.45, 2.75) is 129 Å². The van der Waals surface area contributed by atoms with Gasteiger partial charge in [0.1, 0.15) is 0 Å². The molecule has 0 radical (unpaired) electrons. The largest absolute Gasteiger partial charge is 0.352 e. The zero-order chi connectivity index (χ0) is 20.5. The van der Waals surface area contributed by atoms with Gasteiger partial charge < -0.3 is 9.47 Å². The Kier molecular flexibility index (Phi) is 23.9. The van der Waals surface area contributed by atoms with E-state index in [4.69, 9.17) is 9.47 Å². The van der Waals surface area contributed by atoms with Gasteiger partial charge in [-0.25, -0.2) is 0 Å². The Labute approximate surface area is 177 Å². The van der Waals surface area contributed by atoms with Crippen molar-refractivity contribution < 1.29 is 9.47 Å². The molecule has 0 spiro atoms. The van der Waals surface area contributed by atoms with Crippen LogP contribution in [0.1, 0.15) is 123 Å². The zero-order valence-corrected chi connectivity index (χ0v) is 19.3. The summed E-state index contributed by atoms with van der Waals surface area (Å²) in [5, 5.41) is 0. The Morgan fingerprint density at radius 2 is 1.00 bits per heavy atom. The van der Waals surface area contributed by atoms with E-state index < -0.39 is 0 Å².